The van der Waals surface area contributed by atoms with Gasteiger partial charge in [-0.1, -0.05) is 0 Å². The molecule has 20 heteroatoms. The van der Waals surface area contributed by atoms with E-state index in [4.69, 9.17) is 0 Å². The number of nitrogens with zero attached hydrogens (tertiary/aromatic N) is 2. The lowest BCUT2D eigenvalue weighted by atomic mass is 9.98. The molecule has 0 bridgehead atoms. The molecule has 204 valence electrons. The Balaban J connectivity index is 6.62. The Hall–Kier alpha value is -1.57. The van der Waals surface area contributed by atoms with Crippen molar-refractivity contribution in [1.82, 2.24) is 4.31 Å². The summed E-state index contributed by atoms with van der Waals surface area (Å²) in [6.45, 7) is -3.81. The van der Waals surface area contributed by atoms with Gasteiger partial charge in [-0.2, -0.15) is 61.4 Å². The van der Waals surface area contributed by atoms with Gasteiger partial charge in [0.2, 0.25) is 0 Å². The summed E-state index contributed by atoms with van der Waals surface area (Å²) in [5.41, 5.74) is 0. The highest BCUT2D eigenvalue weighted by molar-refractivity contribution is 7.90. The topological polar surface area (TPSA) is 77.5 Å². The molecule has 0 unspecified atom stereocenters. The summed E-state index contributed by atoms with van der Waals surface area (Å²) in [5, 5.41) is 3.15. The Labute approximate surface area is 183 Å². The van der Waals surface area contributed by atoms with E-state index in [9.17, 15) is 75.4 Å². The van der Waals surface area contributed by atoms with E-state index in [0.29, 0.717) is 0 Å². The molecule has 0 fully saturated rings. The molecule has 0 aliphatic heterocycles. The first-order valence-corrected chi connectivity index (χ1v) is 9.92. The van der Waals surface area contributed by atoms with Crippen molar-refractivity contribution in [2.45, 2.75) is 41.5 Å². The van der Waals surface area contributed by atoms with Gasteiger partial charge in [0.15, 0.2) is 0 Å². The van der Waals surface area contributed by atoms with Gasteiger partial charge in [-0.3, -0.25) is 0 Å². The number of aliphatic carboxylic acids is 1. The van der Waals surface area contributed by atoms with Crippen molar-refractivity contribution in [3.8, 4) is 0 Å². The summed E-state index contributed by atoms with van der Waals surface area (Å²) >= 11 is 0. The Morgan fingerprint density at radius 1 is 0.765 bits per heavy atom. The quantitative estimate of drug-likeness (QED) is 0.273. The van der Waals surface area contributed by atoms with Gasteiger partial charge in [-0.25, -0.2) is 8.42 Å². The average molecular weight is 556 g/mol. The monoisotopic (exact) mass is 556 g/mol. The van der Waals surface area contributed by atoms with E-state index in [2.05, 4.69) is 0 Å². The van der Waals surface area contributed by atoms with E-state index < -0.39 is 74.9 Å². The third kappa shape index (κ3) is 5.47. The molecule has 0 spiro atoms. The van der Waals surface area contributed by atoms with E-state index in [0.717, 1.165) is 0 Å². The zero-order chi connectivity index (χ0) is 28.0. The van der Waals surface area contributed by atoms with Crippen LogP contribution in [0.4, 0.5) is 57.1 Å². The first kappa shape index (κ1) is 32.4. The maximum atomic E-state index is 14.1. The summed E-state index contributed by atoms with van der Waals surface area (Å²) in [6.07, 6.45) is -8.27. The number of carbonyl (C=O) groups excluding carboxylic acids is 1. The fourth-order valence-corrected chi connectivity index (χ4v) is 3.65. The van der Waals surface area contributed by atoms with Gasteiger partial charge in [0.05, 0.1) is 40.2 Å². The molecule has 0 saturated carbocycles. The third-order valence-electron chi connectivity index (χ3n) is 4.11. The van der Waals surface area contributed by atoms with Crippen LogP contribution in [0.2, 0.25) is 0 Å². The van der Waals surface area contributed by atoms with Crippen molar-refractivity contribution >= 4 is 16.0 Å². The molecule has 0 N–H and O–H groups in total. The normalized spacial score (nSPS) is 15.7. The Morgan fingerprint density at radius 3 is 1.47 bits per heavy atom. The van der Waals surface area contributed by atoms with Crippen molar-refractivity contribution in [3.63, 3.8) is 0 Å². The van der Waals surface area contributed by atoms with Gasteiger partial charge in [-0.15, -0.1) is 0 Å². The van der Waals surface area contributed by atoms with Crippen molar-refractivity contribution in [2.75, 3.05) is 40.8 Å². The van der Waals surface area contributed by atoms with E-state index in [1.165, 1.54) is 21.1 Å². The number of carbonyl (C=O) groups is 1. The molecule has 0 saturated heterocycles. The first-order chi connectivity index (χ1) is 14.5. The van der Waals surface area contributed by atoms with Crippen LogP contribution in [0, 0.1) is 0 Å². The Bertz CT molecular complexity index is 851. The van der Waals surface area contributed by atoms with Crippen LogP contribution in [0.5, 0.6) is 0 Å². The number of carboxylic acid groups (broad SMARTS) is 1. The molecule has 0 heterocycles. The molecule has 0 aromatic rings. The molecule has 0 aromatic carbocycles. The second-order valence-corrected chi connectivity index (χ2v) is 9.87. The van der Waals surface area contributed by atoms with Gasteiger partial charge in [0.25, 0.3) is 10.0 Å². The number of hydrogen-bond donors (Lipinski definition) is 0. The number of rotatable bonds is 12. The van der Waals surface area contributed by atoms with Crippen LogP contribution >= 0.6 is 0 Å². The molecular formula is C14H17F13N2O4S. The maximum absolute atomic E-state index is 14.1. The zero-order valence-electron chi connectivity index (χ0n) is 17.2. The van der Waals surface area contributed by atoms with E-state index in [1.807, 2.05) is 0 Å². The molecule has 0 rings (SSSR count). The number of carboxylic acids is 1. The molecule has 0 aromatic heterocycles. The van der Waals surface area contributed by atoms with Crippen LogP contribution in [0.3, 0.4) is 0 Å². The van der Waals surface area contributed by atoms with Crippen molar-refractivity contribution < 1.29 is 79.9 Å². The van der Waals surface area contributed by atoms with E-state index in [1.54, 1.807) is 0 Å². The average Bonchev–Trinajstić information content (AvgIpc) is 2.57. The molecule has 0 aliphatic carbocycles. The maximum Gasteiger partial charge on any atom is 0.460 e. The molecule has 0 amide bonds. The smallest absolute Gasteiger partial charge is 0.460 e. The van der Waals surface area contributed by atoms with Crippen LogP contribution in [-0.2, 0) is 14.8 Å². The number of quaternary nitrogens is 1. The highest BCUT2D eigenvalue weighted by atomic mass is 32.2. The molecule has 6 nitrogen and oxygen atoms in total. The lowest BCUT2D eigenvalue weighted by Gasteiger charge is -2.40. The number of hydrogen-bond acceptors (Lipinski definition) is 4. The summed E-state index contributed by atoms with van der Waals surface area (Å²) < 4.78 is 194. The summed E-state index contributed by atoms with van der Waals surface area (Å²) in [4.78, 5) is 10.6. The fraction of sp³-hybridized carbons (Fsp3) is 0.929. The van der Waals surface area contributed by atoms with Crippen molar-refractivity contribution in [2.24, 2.45) is 0 Å². The lowest BCUT2D eigenvalue weighted by molar-refractivity contribution is -0.870. The Morgan fingerprint density at radius 2 is 1.15 bits per heavy atom. The molecule has 0 aliphatic rings. The molecule has 0 radical (unpaired) electrons. The van der Waals surface area contributed by atoms with Crippen LogP contribution in [0.15, 0.2) is 0 Å². The highest BCUT2D eigenvalue weighted by Crippen LogP contribution is 2.61. The van der Waals surface area contributed by atoms with E-state index in [-0.39, 0.29) is 11.0 Å². The zero-order valence-corrected chi connectivity index (χ0v) is 18.0. The molecule has 0 atom stereocenters. The third-order valence-corrected chi connectivity index (χ3v) is 6.01. The number of alkyl halides is 13. The van der Waals surface area contributed by atoms with Gasteiger partial charge in [0.1, 0.15) is 0 Å². The first-order valence-electron chi connectivity index (χ1n) is 8.48. The van der Waals surface area contributed by atoms with Crippen molar-refractivity contribution in [1.29, 1.82) is 0 Å². The SMILES string of the molecule is C[N+](C)(C)CCCN(CC(=O)[O-])S(=O)(=O)C(F)(F)C(F)(F)C(F)(F)C(F)(F)C(F)(F)C(F)(F)F. The largest absolute Gasteiger partial charge is 0.549 e. The minimum Gasteiger partial charge on any atom is -0.549 e. The summed E-state index contributed by atoms with van der Waals surface area (Å²) in [6, 6.07) is 0. The summed E-state index contributed by atoms with van der Waals surface area (Å²) in [7, 11) is -3.15. The van der Waals surface area contributed by atoms with Gasteiger partial charge >= 0.3 is 35.1 Å². The predicted molar refractivity (Wildman–Crippen MR) is 83.8 cm³/mol. The second kappa shape index (κ2) is 9.14. The van der Waals surface area contributed by atoms with Crippen LogP contribution in [-0.4, -0.2) is 99.1 Å². The van der Waals surface area contributed by atoms with Crippen LogP contribution < -0.4 is 5.11 Å². The van der Waals surface area contributed by atoms with Crippen LogP contribution in [0.1, 0.15) is 6.42 Å². The molecule has 34 heavy (non-hydrogen) atoms. The minimum absolute atomic E-state index is 0.0669. The highest BCUT2D eigenvalue weighted by Gasteiger charge is 2.92. The van der Waals surface area contributed by atoms with Gasteiger partial charge in [0, 0.05) is 13.0 Å². The van der Waals surface area contributed by atoms with E-state index >= 15 is 0 Å². The Kier molecular flexibility index (Phi) is 8.72. The molecular weight excluding hydrogens is 539 g/mol. The predicted octanol–water partition coefficient (Wildman–Crippen LogP) is 2.16. The number of halogens is 13. The summed E-state index contributed by atoms with van der Waals surface area (Å²) in [5.74, 6) is -35.3. The standard InChI is InChI=1S/C14H17F13N2O4S/c1-29(2,3)6-4-5-28(7-8(30)31)34(32,33)14(26,27)12(21,22)10(17,18)9(15,16)11(19,20)13(23,24)25/h4-7H2,1-3H3. The van der Waals surface area contributed by atoms with Gasteiger partial charge in [-0.05, 0) is 0 Å². The number of sulfonamides is 1. The van der Waals surface area contributed by atoms with Crippen molar-refractivity contribution in [3.05, 3.63) is 0 Å². The van der Waals surface area contributed by atoms with Crippen LogP contribution in [0.25, 0.3) is 0 Å². The minimum atomic E-state index is -8.33. The lowest BCUT2D eigenvalue weighted by Crippen LogP contribution is -2.72. The van der Waals surface area contributed by atoms with Gasteiger partial charge < -0.3 is 14.4 Å². The second-order valence-electron chi connectivity index (χ2n) is 7.89. The fourth-order valence-electron chi connectivity index (χ4n) is 2.23.